The smallest absolute Gasteiger partial charge is 0.151 e. The second kappa shape index (κ2) is 4.38. The molecule has 0 radical (unpaired) electrons. The van der Waals surface area contributed by atoms with Gasteiger partial charge in [0, 0.05) is 23.7 Å². The molecule has 3 N–H and O–H groups in total. The Labute approximate surface area is 112 Å². The lowest BCUT2D eigenvalue weighted by Crippen LogP contribution is -2.23. The number of fused-ring (bicyclic) bond motifs is 3. The molecule has 0 spiro atoms. The second-order valence-corrected chi connectivity index (χ2v) is 5.42. The van der Waals surface area contributed by atoms with E-state index in [-0.39, 0.29) is 0 Å². The third-order valence-electron chi connectivity index (χ3n) is 4.20. The minimum Gasteiger partial charge on any atom is -0.364 e. The van der Waals surface area contributed by atoms with E-state index < -0.39 is 0 Å². The molecule has 1 aromatic heterocycles. The highest BCUT2D eigenvalue weighted by atomic mass is 15.2. The molecule has 0 amide bonds. The highest BCUT2D eigenvalue weighted by Gasteiger charge is 2.23. The SMILES string of the molecule is c1ccc2c(c1)CCc1c(NC3CCNC3)n[nH]c1-2. The molecule has 1 aliphatic heterocycles. The Balaban J connectivity index is 1.69. The number of nitrogens with one attached hydrogen (secondary N) is 3. The third-order valence-corrected chi connectivity index (χ3v) is 4.20. The lowest BCUT2D eigenvalue weighted by molar-refractivity contribution is 0.783. The van der Waals surface area contributed by atoms with Crippen molar-refractivity contribution in [1.82, 2.24) is 15.5 Å². The summed E-state index contributed by atoms with van der Waals surface area (Å²) in [5, 5.41) is 14.7. The van der Waals surface area contributed by atoms with Crippen LogP contribution in [0.2, 0.25) is 0 Å². The van der Waals surface area contributed by atoms with Crippen LogP contribution in [0.25, 0.3) is 11.3 Å². The van der Waals surface area contributed by atoms with Crippen LogP contribution in [0.1, 0.15) is 17.5 Å². The van der Waals surface area contributed by atoms with Crippen LogP contribution >= 0.6 is 0 Å². The topological polar surface area (TPSA) is 52.7 Å². The number of anilines is 1. The van der Waals surface area contributed by atoms with Crippen LogP contribution in [0, 0.1) is 0 Å². The predicted octanol–water partition coefficient (Wildman–Crippen LogP) is 1.95. The summed E-state index contributed by atoms with van der Waals surface area (Å²) in [6.07, 6.45) is 3.36. The molecule has 4 nitrogen and oxygen atoms in total. The van der Waals surface area contributed by atoms with Crippen molar-refractivity contribution in [1.29, 1.82) is 0 Å². The maximum atomic E-state index is 4.50. The van der Waals surface area contributed by atoms with Gasteiger partial charge in [-0.2, -0.15) is 5.10 Å². The first-order chi connectivity index (χ1) is 9.42. The number of hydrogen-bond donors (Lipinski definition) is 3. The highest BCUT2D eigenvalue weighted by Crippen LogP contribution is 2.35. The predicted molar refractivity (Wildman–Crippen MR) is 76.3 cm³/mol. The molecule has 1 unspecified atom stereocenters. The summed E-state index contributed by atoms with van der Waals surface area (Å²) in [5.74, 6) is 1.05. The van der Waals surface area contributed by atoms with Crippen molar-refractivity contribution >= 4 is 5.82 Å². The Hall–Kier alpha value is -1.81. The fourth-order valence-corrected chi connectivity index (χ4v) is 3.16. The van der Waals surface area contributed by atoms with E-state index >= 15 is 0 Å². The average molecular weight is 254 g/mol. The number of rotatable bonds is 2. The molecule has 0 bridgehead atoms. The van der Waals surface area contributed by atoms with Gasteiger partial charge in [-0.15, -0.1) is 0 Å². The van der Waals surface area contributed by atoms with Crippen LogP contribution in [-0.4, -0.2) is 29.3 Å². The maximum absolute atomic E-state index is 4.50. The Morgan fingerprint density at radius 3 is 3.05 bits per heavy atom. The minimum absolute atomic E-state index is 0.518. The minimum atomic E-state index is 0.518. The van der Waals surface area contributed by atoms with Crippen molar-refractivity contribution in [2.45, 2.75) is 25.3 Å². The van der Waals surface area contributed by atoms with Gasteiger partial charge >= 0.3 is 0 Å². The van der Waals surface area contributed by atoms with Gasteiger partial charge in [-0.05, 0) is 31.4 Å². The quantitative estimate of drug-likeness (QED) is 0.768. The largest absolute Gasteiger partial charge is 0.364 e. The summed E-state index contributed by atoms with van der Waals surface area (Å²) in [5.41, 5.74) is 5.29. The molecule has 2 aliphatic rings. The number of hydrogen-bond acceptors (Lipinski definition) is 3. The van der Waals surface area contributed by atoms with E-state index in [2.05, 4.69) is 45.1 Å². The number of nitrogens with zero attached hydrogens (tertiary/aromatic N) is 1. The normalized spacial score (nSPS) is 20.9. The fourth-order valence-electron chi connectivity index (χ4n) is 3.16. The van der Waals surface area contributed by atoms with Crippen LogP contribution in [0.3, 0.4) is 0 Å². The zero-order valence-corrected chi connectivity index (χ0v) is 10.9. The summed E-state index contributed by atoms with van der Waals surface area (Å²) in [7, 11) is 0. The summed E-state index contributed by atoms with van der Waals surface area (Å²) < 4.78 is 0. The number of aromatic nitrogens is 2. The van der Waals surface area contributed by atoms with Crippen LogP contribution in [0.5, 0.6) is 0 Å². The van der Waals surface area contributed by atoms with E-state index in [9.17, 15) is 0 Å². The Bertz CT molecular complexity index is 596. The van der Waals surface area contributed by atoms with Gasteiger partial charge in [-0.3, -0.25) is 5.10 Å². The van der Waals surface area contributed by atoms with Crippen molar-refractivity contribution in [2.75, 3.05) is 18.4 Å². The van der Waals surface area contributed by atoms with Crippen molar-refractivity contribution in [3.63, 3.8) is 0 Å². The molecule has 1 fully saturated rings. The lowest BCUT2D eigenvalue weighted by atomic mass is 9.90. The number of aryl methyl sites for hydroxylation is 1. The highest BCUT2D eigenvalue weighted by molar-refractivity contribution is 5.74. The molecule has 98 valence electrons. The first-order valence-electron chi connectivity index (χ1n) is 7.04. The first-order valence-corrected chi connectivity index (χ1v) is 7.04. The van der Waals surface area contributed by atoms with Crippen molar-refractivity contribution in [3.05, 3.63) is 35.4 Å². The molecular formula is C15H18N4. The zero-order valence-electron chi connectivity index (χ0n) is 10.9. The molecule has 2 aromatic rings. The van der Waals surface area contributed by atoms with Gasteiger partial charge in [-0.25, -0.2) is 0 Å². The molecule has 1 atom stereocenters. The Morgan fingerprint density at radius 2 is 2.16 bits per heavy atom. The van der Waals surface area contributed by atoms with E-state index in [1.54, 1.807) is 0 Å². The van der Waals surface area contributed by atoms with Crippen molar-refractivity contribution in [3.8, 4) is 11.3 Å². The van der Waals surface area contributed by atoms with E-state index in [1.165, 1.54) is 28.8 Å². The summed E-state index contributed by atoms with van der Waals surface area (Å²) >= 11 is 0. The molecule has 19 heavy (non-hydrogen) atoms. The number of benzene rings is 1. The zero-order chi connectivity index (χ0) is 12.7. The van der Waals surface area contributed by atoms with Gasteiger partial charge in [0.1, 0.15) is 0 Å². The summed E-state index contributed by atoms with van der Waals surface area (Å²) in [6, 6.07) is 9.14. The standard InChI is InChI=1S/C15H18N4/c1-2-4-12-10(3-1)5-6-13-14(12)18-19-15(13)17-11-7-8-16-9-11/h1-4,11,16H,5-9H2,(H2,17,18,19). The Morgan fingerprint density at radius 1 is 1.21 bits per heavy atom. The van der Waals surface area contributed by atoms with E-state index in [0.29, 0.717) is 6.04 Å². The van der Waals surface area contributed by atoms with Crippen LogP contribution in [0.4, 0.5) is 5.82 Å². The number of H-pyrrole nitrogens is 1. The van der Waals surface area contributed by atoms with Crippen LogP contribution in [-0.2, 0) is 12.8 Å². The first kappa shape index (κ1) is 11.1. The maximum Gasteiger partial charge on any atom is 0.151 e. The summed E-state index contributed by atoms with van der Waals surface area (Å²) in [6.45, 7) is 2.14. The molecule has 4 heteroatoms. The lowest BCUT2D eigenvalue weighted by Gasteiger charge is -2.17. The molecule has 1 saturated heterocycles. The van der Waals surface area contributed by atoms with Gasteiger partial charge in [0.15, 0.2) is 5.82 Å². The monoisotopic (exact) mass is 254 g/mol. The molecule has 4 rings (SSSR count). The van der Waals surface area contributed by atoms with E-state index in [1.807, 2.05) is 0 Å². The molecule has 1 aromatic carbocycles. The van der Waals surface area contributed by atoms with E-state index in [4.69, 9.17) is 0 Å². The second-order valence-electron chi connectivity index (χ2n) is 5.42. The van der Waals surface area contributed by atoms with Gasteiger partial charge < -0.3 is 10.6 Å². The van der Waals surface area contributed by atoms with Crippen molar-refractivity contribution in [2.24, 2.45) is 0 Å². The molecule has 0 saturated carbocycles. The molecular weight excluding hydrogens is 236 g/mol. The molecule has 2 heterocycles. The average Bonchev–Trinajstić information content (AvgIpc) is 3.09. The third kappa shape index (κ3) is 1.83. The van der Waals surface area contributed by atoms with Crippen molar-refractivity contribution < 1.29 is 0 Å². The summed E-state index contributed by atoms with van der Waals surface area (Å²) in [4.78, 5) is 0. The van der Waals surface area contributed by atoms with Gasteiger partial charge in [-0.1, -0.05) is 24.3 Å². The Kier molecular flexibility index (Phi) is 2.55. The van der Waals surface area contributed by atoms with Crippen LogP contribution in [0.15, 0.2) is 24.3 Å². The van der Waals surface area contributed by atoms with E-state index in [0.717, 1.165) is 31.7 Å². The fraction of sp³-hybridized carbons (Fsp3) is 0.400. The van der Waals surface area contributed by atoms with Gasteiger partial charge in [0.2, 0.25) is 0 Å². The molecule has 1 aliphatic carbocycles. The van der Waals surface area contributed by atoms with Crippen LogP contribution < -0.4 is 10.6 Å². The van der Waals surface area contributed by atoms with Gasteiger partial charge in [0.05, 0.1) is 5.69 Å². The number of aromatic amines is 1. The van der Waals surface area contributed by atoms with Gasteiger partial charge in [0.25, 0.3) is 0 Å².